The Hall–Kier alpha value is 0.400. The van der Waals surface area contributed by atoms with E-state index in [9.17, 15) is 0 Å². The van der Waals surface area contributed by atoms with Crippen molar-refractivity contribution in [2.75, 3.05) is 5.75 Å². The molecule has 1 aliphatic carbocycles. The molecule has 0 saturated carbocycles. The van der Waals surface area contributed by atoms with E-state index in [0.29, 0.717) is 4.08 Å². The highest BCUT2D eigenvalue weighted by Crippen LogP contribution is 2.61. The first kappa shape index (κ1) is 10.5. The first-order valence-corrected chi connectivity index (χ1v) is 7.96. The van der Waals surface area contributed by atoms with E-state index in [1.807, 2.05) is 0 Å². The van der Waals surface area contributed by atoms with Crippen LogP contribution in [0.25, 0.3) is 0 Å². The van der Waals surface area contributed by atoms with E-state index in [0.717, 1.165) is 5.25 Å². The molecule has 1 saturated heterocycles. The summed E-state index contributed by atoms with van der Waals surface area (Å²) in [5, 5.41) is 0.810. The quantitative estimate of drug-likeness (QED) is 0.696. The van der Waals surface area contributed by atoms with Crippen LogP contribution >= 0.6 is 39.5 Å². The molecule has 15 heavy (non-hydrogen) atoms. The van der Waals surface area contributed by atoms with E-state index in [1.54, 1.807) is 11.1 Å². The molecule has 1 aliphatic heterocycles. The van der Waals surface area contributed by atoms with Crippen molar-refractivity contribution in [3.8, 4) is 0 Å². The molecule has 1 spiro atoms. The second-order valence-corrected chi connectivity index (χ2v) is 8.52. The number of halogens is 1. The maximum Gasteiger partial charge on any atom is 0.0869 e. The highest BCUT2D eigenvalue weighted by molar-refractivity contribution is 9.10. The van der Waals surface area contributed by atoms with Crippen molar-refractivity contribution < 1.29 is 0 Å². The minimum atomic E-state index is 0.398. The van der Waals surface area contributed by atoms with Crippen LogP contribution in [0.15, 0.2) is 22.7 Å². The summed E-state index contributed by atoms with van der Waals surface area (Å²) >= 11 is 7.89. The lowest BCUT2D eigenvalue weighted by atomic mass is 10.1. The summed E-state index contributed by atoms with van der Waals surface area (Å²) in [6.07, 6.45) is 2.57. The lowest BCUT2D eigenvalue weighted by Crippen LogP contribution is -2.09. The van der Waals surface area contributed by atoms with Crippen LogP contribution < -0.4 is 0 Å². The van der Waals surface area contributed by atoms with E-state index >= 15 is 0 Å². The minimum Gasteiger partial charge on any atom is -0.138 e. The summed E-state index contributed by atoms with van der Waals surface area (Å²) in [6, 6.07) is 6.81. The van der Waals surface area contributed by atoms with Crippen LogP contribution in [-0.4, -0.2) is 11.0 Å². The highest BCUT2D eigenvalue weighted by atomic mass is 79.9. The fourth-order valence-electron chi connectivity index (χ4n) is 2.49. The van der Waals surface area contributed by atoms with E-state index in [-0.39, 0.29) is 0 Å². The Labute approximate surface area is 108 Å². The van der Waals surface area contributed by atoms with Crippen molar-refractivity contribution in [1.82, 2.24) is 0 Å². The van der Waals surface area contributed by atoms with E-state index < -0.39 is 0 Å². The third-order valence-electron chi connectivity index (χ3n) is 3.14. The summed E-state index contributed by atoms with van der Waals surface area (Å²) in [6.45, 7) is 2.35. The number of rotatable bonds is 0. The Morgan fingerprint density at radius 3 is 3.07 bits per heavy atom. The van der Waals surface area contributed by atoms with Crippen molar-refractivity contribution in [1.29, 1.82) is 0 Å². The topological polar surface area (TPSA) is 0 Å². The standard InChI is InChI=1S/C12H13BrS2/c1-8-7-14-12(15-8)5-4-9-6-10(13)2-3-11(9)12/h2-3,6,8H,4-5,7H2,1H3/t8-,12+/m0/s1. The molecular formula is C12H13BrS2. The van der Waals surface area contributed by atoms with Gasteiger partial charge in [-0.25, -0.2) is 0 Å². The molecule has 80 valence electrons. The largest absolute Gasteiger partial charge is 0.138 e. The van der Waals surface area contributed by atoms with Gasteiger partial charge >= 0.3 is 0 Å². The van der Waals surface area contributed by atoms with Gasteiger partial charge in [0.2, 0.25) is 0 Å². The van der Waals surface area contributed by atoms with Crippen molar-refractivity contribution in [2.24, 2.45) is 0 Å². The summed E-state index contributed by atoms with van der Waals surface area (Å²) in [4.78, 5) is 0. The van der Waals surface area contributed by atoms with E-state index in [1.165, 1.54) is 23.1 Å². The maximum absolute atomic E-state index is 3.56. The van der Waals surface area contributed by atoms with Crippen molar-refractivity contribution >= 4 is 39.5 Å². The average Bonchev–Trinajstić information content (AvgIpc) is 2.73. The van der Waals surface area contributed by atoms with Gasteiger partial charge in [0.25, 0.3) is 0 Å². The van der Waals surface area contributed by atoms with Gasteiger partial charge in [0, 0.05) is 15.5 Å². The second kappa shape index (κ2) is 3.71. The molecule has 0 aromatic heterocycles. The molecule has 1 fully saturated rings. The Kier molecular flexibility index (Phi) is 2.61. The van der Waals surface area contributed by atoms with Crippen LogP contribution in [0.2, 0.25) is 0 Å². The van der Waals surface area contributed by atoms with Gasteiger partial charge in [0.15, 0.2) is 0 Å². The zero-order valence-corrected chi connectivity index (χ0v) is 11.8. The van der Waals surface area contributed by atoms with Crippen LogP contribution in [-0.2, 0) is 10.5 Å². The van der Waals surface area contributed by atoms with Crippen LogP contribution in [0.3, 0.4) is 0 Å². The first-order chi connectivity index (χ1) is 7.20. The smallest absolute Gasteiger partial charge is 0.0869 e. The molecule has 0 nitrogen and oxygen atoms in total. The molecule has 1 heterocycles. The monoisotopic (exact) mass is 300 g/mol. The van der Waals surface area contributed by atoms with Gasteiger partial charge in [-0.15, -0.1) is 23.5 Å². The number of fused-ring (bicyclic) bond motifs is 2. The van der Waals surface area contributed by atoms with Gasteiger partial charge in [0.05, 0.1) is 4.08 Å². The molecule has 1 aromatic carbocycles. The molecule has 2 aliphatic rings. The fourth-order valence-corrected chi connectivity index (χ4v) is 6.65. The van der Waals surface area contributed by atoms with Crippen molar-refractivity contribution in [2.45, 2.75) is 29.1 Å². The minimum absolute atomic E-state index is 0.398. The fraction of sp³-hybridized carbons (Fsp3) is 0.500. The third-order valence-corrected chi connectivity index (χ3v) is 7.42. The molecular weight excluding hydrogens is 288 g/mol. The predicted octanol–water partition coefficient (Wildman–Crippen LogP) is 4.42. The van der Waals surface area contributed by atoms with Gasteiger partial charge < -0.3 is 0 Å². The van der Waals surface area contributed by atoms with Gasteiger partial charge in [-0.1, -0.05) is 28.9 Å². The summed E-state index contributed by atoms with van der Waals surface area (Å²) < 4.78 is 1.62. The van der Waals surface area contributed by atoms with Gasteiger partial charge in [-0.05, 0) is 36.1 Å². The number of benzene rings is 1. The molecule has 3 heteroatoms. The average molecular weight is 301 g/mol. The van der Waals surface area contributed by atoms with Gasteiger partial charge in [-0.2, -0.15) is 0 Å². The molecule has 0 radical (unpaired) electrons. The van der Waals surface area contributed by atoms with Crippen LogP contribution in [0.1, 0.15) is 24.5 Å². The van der Waals surface area contributed by atoms with Gasteiger partial charge in [0.1, 0.15) is 0 Å². The number of aryl methyl sites for hydroxylation is 1. The zero-order chi connectivity index (χ0) is 10.5. The Bertz CT molecular complexity index is 405. The van der Waals surface area contributed by atoms with Crippen LogP contribution in [0, 0.1) is 0 Å². The van der Waals surface area contributed by atoms with Crippen molar-refractivity contribution in [3.05, 3.63) is 33.8 Å². The zero-order valence-electron chi connectivity index (χ0n) is 8.63. The molecule has 0 amide bonds. The SMILES string of the molecule is C[C@H]1CS[C@]2(CCc3cc(Br)ccc32)S1. The number of thioether (sulfide) groups is 2. The number of hydrogen-bond donors (Lipinski definition) is 0. The summed E-state index contributed by atoms with van der Waals surface area (Å²) in [5.74, 6) is 1.31. The second-order valence-electron chi connectivity index (χ2n) is 4.29. The van der Waals surface area contributed by atoms with E-state index in [2.05, 4.69) is 64.6 Å². The lowest BCUT2D eigenvalue weighted by molar-refractivity contribution is 0.843. The highest BCUT2D eigenvalue weighted by Gasteiger charge is 2.44. The molecule has 0 bridgehead atoms. The summed E-state index contributed by atoms with van der Waals surface area (Å²) in [5.41, 5.74) is 3.14. The molecule has 3 rings (SSSR count). The van der Waals surface area contributed by atoms with Crippen LogP contribution in [0.5, 0.6) is 0 Å². The molecule has 1 aromatic rings. The first-order valence-electron chi connectivity index (χ1n) is 5.30. The van der Waals surface area contributed by atoms with Crippen LogP contribution in [0.4, 0.5) is 0 Å². The number of hydrogen-bond acceptors (Lipinski definition) is 2. The Balaban J connectivity index is 2.04. The maximum atomic E-state index is 3.56. The van der Waals surface area contributed by atoms with E-state index in [4.69, 9.17) is 0 Å². The summed E-state index contributed by atoms with van der Waals surface area (Å²) in [7, 11) is 0. The molecule has 0 unspecified atom stereocenters. The molecule has 0 N–H and O–H groups in total. The normalized spacial score (nSPS) is 33.6. The third kappa shape index (κ3) is 1.67. The van der Waals surface area contributed by atoms with Crippen molar-refractivity contribution in [3.63, 3.8) is 0 Å². The Morgan fingerprint density at radius 2 is 2.33 bits per heavy atom. The lowest BCUT2D eigenvalue weighted by Gasteiger charge is -2.22. The Morgan fingerprint density at radius 1 is 1.47 bits per heavy atom. The molecule has 2 atom stereocenters. The predicted molar refractivity (Wildman–Crippen MR) is 73.7 cm³/mol. The van der Waals surface area contributed by atoms with Gasteiger partial charge in [-0.3, -0.25) is 0 Å².